The van der Waals surface area contributed by atoms with Crippen molar-refractivity contribution in [2.75, 3.05) is 7.05 Å². The zero-order valence-corrected chi connectivity index (χ0v) is 9.90. The zero-order valence-electron chi connectivity index (χ0n) is 9.90. The van der Waals surface area contributed by atoms with Gasteiger partial charge in [-0.15, -0.1) is 6.58 Å². The standard InChI is InChI=1S/C11H16N2O4/c1-4-5-11(6-7(2)14)8(15)12-10(17)13(3)9(11)16/h4,7,14H,1,5-6H2,2-3H3,(H,12,15,17)/t7-,11+/m1/s1. The van der Waals surface area contributed by atoms with E-state index in [4.69, 9.17) is 0 Å². The molecular weight excluding hydrogens is 224 g/mol. The van der Waals surface area contributed by atoms with E-state index in [1.165, 1.54) is 20.0 Å². The van der Waals surface area contributed by atoms with E-state index < -0.39 is 29.4 Å². The second-order valence-electron chi connectivity index (χ2n) is 4.25. The van der Waals surface area contributed by atoms with Crippen molar-refractivity contribution in [2.45, 2.75) is 25.9 Å². The molecule has 1 saturated heterocycles. The van der Waals surface area contributed by atoms with Gasteiger partial charge in [-0.25, -0.2) is 4.79 Å². The summed E-state index contributed by atoms with van der Waals surface area (Å²) in [5.74, 6) is -1.28. The van der Waals surface area contributed by atoms with Crippen LogP contribution in [-0.2, 0) is 9.59 Å². The molecule has 0 aromatic carbocycles. The van der Waals surface area contributed by atoms with Gasteiger partial charge < -0.3 is 5.11 Å². The van der Waals surface area contributed by atoms with Crippen LogP contribution in [0.15, 0.2) is 12.7 Å². The molecule has 94 valence electrons. The third-order valence-corrected chi connectivity index (χ3v) is 2.81. The molecule has 0 unspecified atom stereocenters. The van der Waals surface area contributed by atoms with Crippen LogP contribution in [0, 0.1) is 5.41 Å². The van der Waals surface area contributed by atoms with Gasteiger partial charge in [-0.05, 0) is 19.8 Å². The summed E-state index contributed by atoms with van der Waals surface area (Å²) in [5.41, 5.74) is -1.43. The molecule has 17 heavy (non-hydrogen) atoms. The van der Waals surface area contributed by atoms with Crippen LogP contribution in [0.2, 0.25) is 0 Å². The summed E-state index contributed by atoms with van der Waals surface area (Å²) < 4.78 is 0. The molecule has 0 saturated carbocycles. The molecule has 1 rings (SSSR count). The topological polar surface area (TPSA) is 86.7 Å². The predicted octanol–water partition coefficient (Wildman–Crippen LogP) is 0.0280. The van der Waals surface area contributed by atoms with Gasteiger partial charge in [-0.2, -0.15) is 0 Å². The van der Waals surface area contributed by atoms with E-state index in [2.05, 4.69) is 11.9 Å². The van der Waals surface area contributed by atoms with Gasteiger partial charge in [0.05, 0.1) is 6.10 Å². The van der Waals surface area contributed by atoms with Crippen LogP contribution >= 0.6 is 0 Å². The Kier molecular flexibility index (Phi) is 3.67. The molecule has 0 aromatic rings. The molecule has 6 nitrogen and oxygen atoms in total. The van der Waals surface area contributed by atoms with Crippen molar-refractivity contribution >= 4 is 17.8 Å². The summed E-state index contributed by atoms with van der Waals surface area (Å²) in [5, 5.41) is 11.5. The number of nitrogens with zero attached hydrogens (tertiary/aromatic N) is 1. The van der Waals surface area contributed by atoms with Gasteiger partial charge >= 0.3 is 6.03 Å². The lowest BCUT2D eigenvalue weighted by molar-refractivity contribution is -0.152. The maximum Gasteiger partial charge on any atom is 0.330 e. The molecule has 0 radical (unpaired) electrons. The Morgan fingerprint density at radius 1 is 1.53 bits per heavy atom. The molecule has 6 heteroatoms. The van der Waals surface area contributed by atoms with Crippen molar-refractivity contribution in [3.8, 4) is 0 Å². The maximum absolute atomic E-state index is 12.1. The molecule has 1 aliphatic heterocycles. The third-order valence-electron chi connectivity index (χ3n) is 2.81. The Balaban J connectivity index is 3.16. The van der Waals surface area contributed by atoms with Gasteiger partial charge in [-0.3, -0.25) is 19.8 Å². The SMILES string of the molecule is C=CC[C@]1(C[C@@H](C)O)C(=O)NC(=O)N(C)C1=O. The molecule has 4 amide bonds. The second kappa shape index (κ2) is 4.67. The number of carbonyl (C=O) groups excluding carboxylic acids is 3. The van der Waals surface area contributed by atoms with Gasteiger partial charge in [0.2, 0.25) is 11.8 Å². The van der Waals surface area contributed by atoms with E-state index in [0.29, 0.717) is 0 Å². The number of aliphatic hydroxyl groups excluding tert-OH is 1. The van der Waals surface area contributed by atoms with Gasteiger partial charge in [0, 0.05) is 7.05 Å². The number of amides is 4. The van der Waals surface area contributed by atoms with Crippen molar-refractivity contribution in [1.82, 2.24) is 10.2 Å². The number of nitrogens with one attached hydrogen (secondary N) is 1. The second-order valence-corrected chi connectivity index (χ2v) is 4.25. The summed E-state index contributed by atoms with van der Waals surface area (Å²) in [6.45, 7) is 4.99. The van der Waals surface area contributed by atoms with Crippen molar-refractivity contribution in [1.29, 1.82) is 0 Å². The summed E-state index contributed by atoms with van der Waals surface area (Å²) in [7, 11) is 1.30. The van der Waals surface area contributed by atoms with E-state index in [9.17, 15) is 19.5 Å². The normalized spacial score (nSPS) is 26.8. The summed E-state index contributed by atoms with van der Waals surface area (Å²) in [6, 6.07) is -0.745. The fraction of sp³-hybridized carbons (Fsp3) is 0.545. The lowest BCUT2D eigenvalue weighted by atomic mass is 9.76. The fourth-order valence-corrected chi connectivity index (χ4v) is 2.01. The molecule has 2 atom stereocenters. The van der Waals surface area contributed by atoms with Crippen molar-refractivity contribution < 1.29 is 19.5 Å². The molecule has 0 spiro atoms. The monoisotopic (exact) mass is 240 g/mol. The van der Waals surface area contributed by atoms with Crippen molar-refractivity contribution in [3.05, 3.63) is 12.7 Å². The summed E-state index contributed by atoms with van der Waals surface area (Å²) in [4.78, 5) is 36.1. The highest BCUT2D eigenvalue weighted by atomic mass is 16.3. The fourth-order valence-electron chi connectivity index (χ4n) is 2.01. The molecule has 0 aliphatic carbocycles. The molecule has 0 aromatic heterocycles. The van der Waals surface area contributed by atoms with Crippen LogP contribution in [0.5, 0.6) is 0 Å². The highest BCUT2D eigenvalue weighted by molar-refractivity contribution is 6.19. The summed E-state index contributed by atoms with van der Waals surface area (Å²) in [6.07, 6.45) is 0.650. The van der Waals surface area contributed by atoms with Crippen molar-refractivity contribution in [2.24, 2.45) is 5.41 Å². The average Bonchev–Trinajstić information content (AvgIpc) is 2.23. The van der Waals surface area contributed by atoms with E-state index in [-0.39, 0.29) is 12.8 Å². The number of allylic oxidation sites excluding steroid dienone is 1. The average molecular weight is 240 g/mol. The number of urea groups is 1. The molecule has 0 bridgehead atoms. The van der Waals surface area contributed by atoms with Crippen LogP contribution in [0.3, 0.4) is 0 Å². The first-order chi connectivity index (χ1) is 7.85. The smallest absolute Gasteiger partial charge is 0.330 e. The van der Waals surface area contributed by atoms with Crippen LogP contribution in [0.25, 0.3) is 0 Å². The van der Waals surface area contributed by atoms with E-state index in [1.54, 1.807) is 0 Å². The first kappa shape index (κ1) is 13.4. The third kappa shape index (κ3) is 2.21. The number of carbonyl (C=O) groups is 3. The number of rotatable bonds is 4. The van der Waals surface area contributed by atoms with Gasteiger partial charge in [0.25, 0.3) is 0 Å². The van der Waals surface area contributed by atoms with Crippen LogP contribution in [0.4, 0.5) is 4.79 Å². The Hall–Kier alpha value is -1.69. The zero-order chi connectivity index (χ0) is 13.2. The lowest BCUT2D eigenvalue weighted by Gasteiger charge is -2.37. The van der Waals surface area contributed by atoms with Crippen LogP contribution in [-0.4, -0.2) is 41.0 Å². The minimum Gasteiger partial charge on any atom is -0.393 e. The molecule has 1 fully saturated rings. The minimum atomic E-state index is -1.43. The lowest BCUT2D eigenvalue weighted by Crippen LogP contribution is -2.63. The number of hydrogen-bond donors (Lipinski definition) is 2. The van der Waals surface area contributed by atoms with Crippen LogP contribution < -0.4 is 5.32 Å². The summed E-state index contributed by atoms with van der Waals surface area (Å²) >= 11 is 0. The van der Waals surface area contributed by atoms with Crippen LogP contribution in [0.1, 0.15) is 19.8 Å². The minimum absolute atomic E-state index is 0.0404. The Morgan fingerprint density at radius 2 is 2.12 bits per heavy atom. The van der Waals surface area contributed by atoms with Gasteiger partial charge in [0.15, 0.2) is 0 Å². The number of hydrogen-bond acceptors (Lipinski definition) is 4. The highest BCUT2D eigenvalue weighted by Crippen LogP contribution is 2.33. The Bertz CT molecular complexity index is 378. The number of barbiturate groups is 1. The molecule has 1 aliphatic rings. The number of imide groups is 2. The quantitative estimate of drug-likeness (QED) is 0.536. The van der Waals surface area contributed by atoms with Crippen molar-refractivity contribution in [3.63, 3.8) is 0 Å². The van der Waals surface area contributed by atoms with Gasteiger partial charge in [-0.1, -0.05) is 6.08 Å². The Morgan fingerprint density at radius 3 is 2.59 bits per heavy atom. The number of aliphatic hydroxyl groups is 1. The maximum atomic E-state index is 12.1. The largest absolute Gasteiger partial charge is 0.393 e. The van der Waals surface area contributed by atoms with E-state index in [1.807, 2.05) is 0 Å². The predicted molar refractivity (Wildman–Crippen MR) is 59.9 cm³/mol. The first-order valence-corrected chi connectivity index (χ1v) is 5.27. The molecule has 2 N–H and O–H groups in total. The highest BCUT2D eigenvalue weighted by Gasteiger charge is 2.52. The Labute approximate surface area is 99.3 Å². The molecular formula is C11H16N2O4. The van der Waals surface area contributed by atoms with Gasteiger partial charge in [0.1, 0.15) is 5.41 Å². The van der Waals surface area contributed by atoms with E-state index in [0.717, 1.165) is 4.90 Å². The first-order valence-electron chi connectivity index (χ1n) is 5.27. The van der Waals surface area contributed by atoms with E-state index >= 15 is 0 Å². The molecule has 1 heterocycles.